The van der Waals surface area contributed by atoms with Crippen LogP contribution in [0.2, 0.25) is 0 Å². The van der Waals surface area contributed by atoms with Crippen molar-refractivity contribution >= 4 is 34.7 Å². The third-order valence-corrected chi connectivity index (χ3v) is 10.5. The van der Waals surface area contributed by atoms with E-state index < -0.39 is 7.38 Å². The molecule has 5 radical (unpaired) electrons. The molecule has 0 atom stereocenters. The van der Waals surface area contributed by atoms with Crippen LogP contribution in [0.5, 0.6) is 0 Å². The van der Waals surface area contributed by atoms with Gasteiger partial charge in [0, 0.05) is 17.6 Å². The van der Waals surface area contributed by atoms with Crippen LogP contribution in [0.25, 0.3) is 0 Å². The Bertz CT molecular complexity index is 730. The fourth-order valence-electron chi connectivity index (χ4n) is 3.92. The number of halogens is 1. The third-order valence-electron chi connectivity index (χ3n) is 5.11. The minimum atomic E-state index is -2.82. The first-order chi connectivity index (χ1) is 13.4. The van der Waals surface area contributed by atoms with E-state index in [0.29, 0.717) is 0 Å². The van der Waals surface area contributed by atoms with Crippen LogP contribution in [0.1, 0.15) is 27.7 Å². The highest BCUT2D eigenvalue weighted by Crippen LogP contribution is 2.42. The predicted octanol–water partition coefficient (Wildman–Crippen LogP) is 3.95. The van der Waals surface area contributed by atoms with Crippen molar-refractivity contribution in [2.24, 2.45) is 0 Å². The number of hydrogen-bond acceptors (Lipinski definition) is 1. The van der Waals surface area contributed by atoms with Gasteiger partial charge in [-0.3, -0.25) is 4.79 Å². The normalized spacial score (nSPS) is 16.1. The number of carbonyl (C=O) groups is 1. The summed E-state index contributed by atoms with van der Waals surface area (Å²) < 4.78 is 0. The van der Waals surface area contributed by atoms with Crippen molar-refractivity contribution in [3.8, 4) is 0 Å². The van der Waals surface area contributed by atoms with E-state index in [1.165, 1.54) is 0 Å². The molecule has 1 amide bonds. The third kappa shape index (κ3) is 3.92. The zero-order chi connectivity index (χ0) is 20.3. The Morgan fingerprint density at radius 2 is 1.29 bits per heavy atom. The van der Waals surface area contributed by atoms with Crippen molar-refractivity contribution in [3.05, 3.63) is 91.4 Å². The molecule has 0 unspecified atom stereocenters. The molecule has 0 heterocycles. The summed E-state index contributed by atoms with van der Waals surface area (Å²) in [6, 6.07) is 20.6. The molecule has 2 aromatic carbocycles. The fraction of sp³-hybridized carbons (Fsp3) is 0.250. The molecule has 4 heteroatoms. The molecule has 2 aromatic rings. The molecule has 1 saturated carbocycles. The van der Waals surface area contributed by atoms with Crippen molar-refractivity contribution < 1.29 is 4.79 Å². The zero-order valence-corrected chi connectivity index (χ0v) is 18.6. The Labute approximate surface area is 175 Å². The van der Waals surface area contributed by atoms with E-state index in [-0.39, 0.29) is 18.0 Å². The Balaban J connectivity index is 2.06. The van der Waals surface area contributed by atoms with Gasteiger partial charge < -0.3 is 4.90 Å². The van der Waals surface area contributed by atoms with Gasteiger partial charge in [0.05, 0.1) is 5.92 Å². The van der Waals surface area contributed by atoms with Crippen molar-refractivity contribution in [2.75, 3.05) is 0 Å². The lowest BCUT2D eigenvalue weighted by Crippen LogP contribution is -2.61. The standard InChI is InChI=1S/C24H27ClNOSi/c1-18(2)26(19(3)4)24(27)22-16-11-17-23(22)28(25,20-12-7-5-8-13-20)21-14-9-6-10-15-21/h5-19H,1-4H3. The molecule has 145 valence electrons. The quantitative estimate of drug-likeness (QED) is 0.523. The molecule has 0 spiro atoms. The lowest BCUT2D eigenvalue weighted by atomic mass is 10.0. The summed E-state index contributed by atoms with van der Waals surface area (Å²) in [5.41, 5.74) is 0.961. The van der Waals surface area contributed by atoms with Crippen molar-refractivity contribution in [1.29, 1.82) is 0 Å². The maximum Gasteiger partial charge on any atom is 0.231 e. The molecular formula is C24H27ClNOSi. The molecule has 0 aromatic heterocycles. The SMILES string of the molecule is CC(C)N(C(=O)[C]1[CH][CH][CH][C]1[Si](Cl)(c1ccccc1)c1ccccc1)C(C)C. The largest absolute Gasteiger partial charge is 0.337 e. The van der Waals surface area contributed by atoms with Crippen molar-refractivity contribution in [1.82, 2.24) is 4.90 Å². The predicted molar refractivity (Wildman–Crippen MR) is 120 cm³/mol. The van der Waals surface area contributed by atoms with Crippen LogP contribution in [-0.4, -0.2) is 30.3 Å². The number of hydrogen-bond donors (Lipinski definition) is 0. The lowest BCUT2D eigenvalue weighted by molar-refractivity contribution is -0.131. The molecule has 1 fully saturated rings. The Kier molecular flexibility index (Phi) is 6.67. The minimum absolute atomic E-state index is 0.0504. The summed E-state index contributed by atoms with van der Waals surface area (Å²) in [7, 11) is -2.82. The van der Waals surface area contributed by atoms with E-state index in [9.17, 15) is 4.79 Å². The molecule has 0 aliphatic heterocycles. The molecule has 2 nitrogen and oxygen atoms in total. The molecule has 28 heavy (non-hydrogen) atoms. The maximum absolute atomic E-state index is 13.5. The van der Waals surface area contributed by atoms with Crippen molar-refractivity contribution in [2.45, 2.75) is 39.8 Å². The van der Waals surface area contributed by atoms with Gasteiger partial charge in [0.25, 0.3) is 0 Å². The first-order valence-electron chi connectivity index (χ1n) is 9.76. The first kappa shape index (κ1) is 21.1. The molecular weight excluding hydrogens is 382 g/mol. The Morgan fingerprint density at radius 3 is 1.71 bits per heavy atom. The monoisotopic (exact) mass is 408 g/mol. The van der Waals surface area contributed by atoms with Gasteiger partial charge in [-0.15, -0.1) is 0 Å². The zero-order valence-electron chi connectivity index (χ0n) is 16.9. The molecule has 0 saturated heterocycles. The van der Waals surface area contributed by atoms with E-state index >= 15 is 0 Å². The summed E-state index contributed by atoms with van der Waals surface area (Å²) in [5, 5.41) is 2.17. The van der Waals surface area contributed by atoms with Gasteiger partial charge in [-0.25, -0.2) is 0 Å². The summed E-state index contributed by atoms with van der Waals surface area (Å²) in [5.74, 6) is 0.770. The van der Waals surface area contributed by atoms with Crippen LogP contribution in [-0.2, 0) is 4.79 Å². The minimum Gasteiger partial charge on any atom is -0.337 e. The van der Waals surface area contributed by atoms with Crippen LogP contribution in [0.4, 0.5) is 0 Å². The lowest BCUT2D eigenvalue weighted by Gasteiger charge is -2.38. The van der Waals surface area contributed by atoms with Crippen LogP contribution in [0.15, 0.2) is 60.7 Å². The van der Waals surface area contributed by atoms with Gasteiger partial charge in [-0.1, -0.05) is 60.7 Å². The van der Waals surface area contributed by atoms with E-state index in [1.54, 1.807) is 0 Å². The average molecular weight is 409 g/mol. The number of amides is 1. The summed E-state index contributed by atoms with van der Waals surface area (Å²) in [4.78, 5) is 15.4. The molecule has 0 bridgehead atoms. The van der Waals surface area contributed by atoms with Crippen LogP contribution in [0.3, 0.4) is 0 Å². The van der Waals surface area contributed by atoms with Gasteiger partial charge in [0.15, 0.2) is 0 Å². The Morgan fingerprint density at radius 1 is 0.821 bits per heavy atom. The van der Waals surface area contributed by atoms with Gasteiger partial charge in [-0.05, 0) is 57.3 Å². The van der Waals surface area contributed by atoms with Crippen LogP contribution in [0, 0.1) is 30.7 Å². The van der Waals surface area contributed by atoms with E-state index in [0.717, 1.165) is 21.8 Å². The highest BCUT2D eigenvalue weighted by atomic mass is 35.6. The van der Waals surface area contributed by atoms with E-state index in [1.807, 2.05) is 60.6 Å². The Hall–Kier alpha value is -1.58. The summed E-state index contributed by atoms with van der Waals surface area (Å²) >= 11 is 7.54. The van der Waals surface area contributed by atoms with Crippen molar-refractivity contribution in [3.63, 3.8) is 0 Å². The number of carbonyl (C=O) groups excluding carboxylic acids is 1. The van der Waals surface area contributed by atoms with Crippen LogP contribution >= 0.6 is 11.1 Å². The van der Waals surface area contributed by atoms with Gasteiger partial charge in [-0.2, -0.15) is 11.1 Å². The highest BCUT2D eigenvalue weighted by Gasteiger charge is 2.53. The van der Waals surface area contributed by atoms with Gasteiger partial charge >= 0.3 is 0 Å². The molecule has 1 aliphatic carbocycles. The molecule has 0 N–H and O–H groups in total. The number of benzene rings is 2. The topological polar surface area (TPSA) is 20.3 Å². The average Bonchev–Trinajstić information content (AvgIpc) is 3.18. The second-order valence-electron chi connectivity index (χ2n) is 7.64. The fourth-order valence-corrected chi connectivity index (χ4v) is 8.32. The smallest absolute Gasteiger partial charge is 0.231 e. The summed E-state index contributed by atoms with van der Waals surface area (Å²) in [6.07, 6.45) is 5.91. The second kappa shape index (κ2) is 8.83. The van der Waals surface area contributed by atoms with Gasteiger partial charge in [0.1, 0.15) is 0 Å². The molecule has 3 rings (SSSR count). The van der Waals surface area contributed by atoms with E-state index in [2.05, 4.69) is 52.0 Å². The highest BCUT2D eigenvalue weighted by molar-refractivity contribution is 7.37. The summed E-state index contributed by atoms with van der Waals surface area (Å²) in [6.45, 7) is 8.22. The second-order valence-corrected chi connectivity index (χ2v) is 12.4. The maximum atomic E-state index is 13.5. The molecule has 1 aliphatic rings. The van der Waals surface area contributed by atoms with Gasteiger partial charge in [0.2, 0.25) is 13.3 Å². The van der Waals surface area contributed by atoms with Crippen LogP contribution < -0.4 is 10.4 Å². The number of rotatable bonds is 6. The first-order valence-corrected chi connectivity index (χ1v) is 12.8. The van der Waals surface area contributed by atoms with E-state index in [4.69, 9.17) is 11.1 Å². The number of nitrogens with zero attached hydrogens (tertiary/aromatic N) is 1.